The van der Waals surface area contributed by atoms with E-state index in [0.29, 0.717) is 12.6 Å². The third kappa shape index (κ3) is 4.84. The van der Waals surface area contributed by atoms with Gasteiger partial charge in [0.05, 0.1) is 11.0 Å². The molecule has 1 atom stereocenters. The van der Waals surface area contributed by atoms with E-state index in [1.807, 2.05) is 0 Å². The first kappa shape index (κ1) is 15.9. The molecule has 0 aliphatic carbocycles. The quantitative estimate of drug-likeness (QED) is 0.672. The molecule has 1 unspecified atom stereocenters. The van der Waals surface area contributed by atoms with Gasteiger partial charge in [0.2, 0.25) is 0 Å². The van der Waals surface area contributed by atoms with Crippen molar-refractivity contribution in [2.24, 2.45) is 0 Å². The molecule has 18 heavy (non-hydrogen) atoms. The Kier molecular flexibility index (Phi) is 6.04. The molecule has 1 N–H and O–H groups in total. The predicted molar refractivity (Wildman–Crippen MR) is 75.7 cm³/mol. The van der Waals surface area contributed by atoms with Crippen LogP contribution in [0.1, 0.15) is 13.8 Å². The summed E-state index contributed by atoms with van der Waals surface area (Å²) < 4.78 is 23.3. The molecule has 0 saturated carbocycles. The average Bonchev–Trinajstić information content (AvgIpc) is 2.28. The highest BCUT2D eigenvalue weighted by Crippen LogP contribution is 2.05. The lowest BCUT2D eigenvalue weighted by molar-refractivity contribution is 0.114. The second kappa shape index (κ2) is 6.84. The number of hydrogen-bond acceptors (Lipinski definition) is 5. The van der Waals surface area contributed by atoms with Crippen LogP contribution in [0.4, 0.5) is 0 Å². The van der Waals surface area contributed by atoms with Crippen molar-refractivity contribution in [1.82, 2.24) is 15.1 Å². The number of likely N-dealkylation sites (N-methyl/N-ethyl adjacent to an activating group) is 2. The lowest BCUT2D eigenvalue weighted by atomic mass is 10.2. The molecule has 108 valence electrons. The summed E-state index contributed by atoms with van der Waals surface area (Å²) >= 11 is 0. The zero-order valence-corrected chi connectivity index (χ0v) is 12.8. The summed E-state index contributed by atoms with van der Waals surface area (Å²) in [5.41, 5.74) is 0. The molecule has 0 spiro atoms. The Morgan fingerprint density at radius 2 is 1.94 bits per heavy atom. The molecule has 6 heteroatoms. The molecule has 1 saturated heterocycles. The smallest absolute Gasteiger partial charge is 0.153 e. The molecule has 0 aromatic heterocycles. The van der Waals surface area contributed by atoms with Crippen LogP contribution in [-0.2, 0) is 9.84 Å². The van der Waals surface area contributed by atoms with Crippen LogP contribution in [0.3, 0.4) is 0 Å². The normalized spacial score (nSPS) is 23.7. The van der Waals surface area contributed by atoms with Crippen LogP contribution in [0.2, 0.25) is 0 Å². The Labute approximate surface area is 111 Å². The van der Waals surface area contributed by atoms with Crippen molar-refractivity contribution in [1.29, 1.82) is 0 Å². The molecule has 1 aliphatic heterocycles. The largest absolute Gasteiger partial charge is 0.314 e. The van der Waals surface area contributed by atoms with Gasteiger partial charge >= 0.3 is 0 Å². The topological polar surface area (TPSA) is 52.7 Å². The van der Waals surface area contributed by atoms with E-state index in [4.69, 9.17) is 0 Å². The van der Waals surface area contributed by atoms with E-state index in [1.54, 1.807) is 13.8 Å². The third-order valence-corrected chi connectivity index (χ3v) is 5.85. The molecule has 1 heterocycles. The van der Waals surface area contributed by atoms with Crippen LogP contribution < -0.4 is 5.32 Å². The van der Waals surface area contributed by atoms with Crippen LogP contribution in [-0.4, -0.2) is 82.1 Å². The van der Waals surface area contributed by atoms with Crippen molar-refractivity contribution in [2.75, 3.05) is 52.6 Å². The molecular weight excluding hydrogens is 250 g/mol. The minimum absolute atomic E-state index is 0.233. The lowest BCUT2D eigenvalue weighted by Gasteiger charge is -2.37. The summed E-state index contributed by atoms with van der Waals surface area (Å²) in [4.78, 5) is 4.65. The fourth-order valence-corrected chi connectivity index (χ4v) is 2.94. The third-order valence-electron chi connectivity index (χ3n) is 3.64. The van der Waals surface area contributed by atoms with Gasteiger partial charge in [0, 0.05) is 38.8 Å². The van der Waals surface area contributed by atoms with E-state index in [1.165, 1.54) is 0 Å². The summed E-state index contributed by atoms with van der Waals surface area (Å²) in [5.74, 6) is 0.233. The summed E-state index contributed by atoms with van der Waals surface area (Å²) in [6.45, 7) is 8.10. The van der Waals surface area contributed by atoms with Gasteiger partial charge in [0.25, 0.3) is 0 Å². The predicted octanol–water partition coefficient (Wildman–Crippen LogP) is -0.355. The van der Waals surface area contributed by atoms with Gasteiger partial charge in [0.1, 0.15) is 0 Å². The lowest BCUT2D eigenvalue weighted by Crippen LogP contribution is -2.54. The van der Waals surface area contributed by atoms with E-state index >= 15 is 0 Å². The molecule has 0 amide bonds. The van der Waals surface area contributed by atoms with Crippen molar-refractivity contribution < 1.29 is 8.42 Å². The van der Waals surface area contributed by atoms with Gasteiger partial charge in [-0.15, -0.1) is 0 Å². The molecule has 0 bridgehead atoms. The first-order valence-electron chi connectivity index (χ1n) is 6.64. The van der Waals surface area contributed by atoms with E-state index < -0.39 is 9.84 Å². The second-order valence-electron chi connectivity index (χ2n) is 5.52. The molecule has 1 fully saturated rings. The molecule has 0 radical (unpaired) electrons. The van der Waals surface area contributed by atoms with Crippen LogP contribution in [0, 0.1) is 0 Å². The number of hydrogen-bond donors (Lipinski definition) is 1. The second-order valence-corrected chi connectivity index (χ2v) is 8.19. The van der Waals surface area contributed by atoms with Crippen LogP contribution in [0.25, 0.3) is 0 Å². The number of nitrogens with one attached hydrogen (secondary N) is 1. The van der Waals surface area contributed by atoms with Crippen molar-refractivity contribution in [2.45, 2.75) is 25.1 Å². The summed E-state index contributed by atoms with van der Waals surface area (Å²) in [5, 5.41) is 2.99. The fourth-order valence-electron chi connectivity index (χ4n) is 2.04. The average molecular weight is 277 g/mol. The van der Waals surface area contributed by atoms with E-state index in [2.05, 4.69) is 29.2 Å². The number of rotatable bonds is 6. The van der Waals surface area contributed by atoms with E-state index in [0.717, 1.165) is 26.2 Å². The minimum Gasteiger partial charge on any atom is -0.314 e. The van der Waals surface area contributed by atoms with E-state index in [9.17, 15) is 8.42 Å². The van der Waals surface area contributed by atoms with Gasteiger partial charge in [-0.2, -0.15) is 0 Å². The molecule has 5 nitrogen and oxygen atoms in total. The summed E-state index contributed by atoms with van der Waals surface area (Å²) in [7, 11) is 1.35. The van der Waals surface area contributed by atoms with Gasteiger partial charge in [-0.1, -0.05) is 0 Å². The Morgan fingerprint density at radius 3 is 2.56 bits per heavy atom. The van der Waals surface area contributed by atoms with Crippen molar-refractivity contribution in [3.63, 3.8) is 0 Å². The van der Waals surface area contributed by atoms with Gasteiger partial charge in [-0.05, 0) is 27.9 Å². The van der Waals surface area contributed by atoms with Gasteiger partial charge in [0.15, 0.2) is 9.84 Å². The maximum Gasteiger partial charge on any atom is 0.153 e. The summed E-state index contributed by atoms with van der Waals surface area (Å²) in [6.07, 6.45) is 0. The summed E-state index contributed by atoms with van der Waals surface area (Å²) in [6, 6.07) is 0.477. The van der Waals surface area contributed by atoms with Crippen molar-refractivity contribution >= 4 is 9.84 Å². The number of piperazine rings is 1. The minimum atomic E-state index is -2.91. The van der Waals surface area contributed by atoms with Gasteiger partial charge < -0.3 is 10.2 Å². The van der Waals surface area contributed by atoms with Crippen molar-refractivity contribution in [3.8, 4) is 0 Å². The van der Waals surface area contributed by atoms with Crippen LogP contribution in [0.15, 0.2) is 0 Å². The first-order valence-corrected chi connectivity index (χ1v) is 8.35. The zero-order valence-electron chi connectivity index (χ0n) is 12.0. The van der Waals surface area contributed by atoms with Crippen LogP contribution >= 0.6 is 0 Å². The van der Waals surface area contributed by atoms with Crippen LogP contribution in [0.5, 0.6) is 0 Å². The highest BCUT2D eigenvalue weighted by atomic mass is 32.2. The number of sulfone groups is 1. The number of nitrogens with zero attached hydrogens (tertiary/aromatic N) is 2. The maximum atomic E-state index is 11.6. The SMILES string of the molecule is CC(C)S(=O)(=O)CCNCC1CN(C)CCN1C. The highest BCUT2D eigenvalue weighted by molar-refractivity contribution is 7.92. The monoisotopic (exact) mass is 277 g/mol. The van der Waals surface area contributed by atoms with Crippen molar-refractivity contribution in [3.05, 3.63) is 0 Å². The molecule has 0 aromatic rings. The molecule has 1 rings (SSSR count). The fraction of sp³-hybridized carbons (Fsp3) is 1.00. The highest BCUT2D eigenvalue weighted by Gasteiger charge is 2.22. The molecular formula is C12H27N3O2S. The Morgan fingerprint density at radius 1 is 1.28 bits per heavy atom. The zero-order chi connectivity index (χ0) is 13.8. The Balaban J connectivity index is 2.25. The Bertz CT molecular complexity index is 343. The standard InChI is InChI=1S/C12H27N3O2S/c1-11(2)18(16,17)8-5-13-9-12-10-14(3)6-7-15(12)4/h11-13H,5-10H2,1-4H3. The molecule has 1 aliphatic rings. The van der Waals surface area contributed by atoms with Gasteiger partial charge in [-0.3, -0.25) is 4.90 Å². The van der Waals surface area contributed by atoms with Gasteiger partial charge in [-0.25, -0.2) is 8.42 Å². The van der Waals surface area contributed by atoms with E-state index in [-0.39, 0.29) is 11.0 Å². The first-order chi connectivity index (χ1) is 8.33. The maximum absolute atomic E-state index is 11.6. The molecule has 0 aromatic carbocycles. The Hall–Kier alpha value is -0.170.